The van der Waals surface area contributed by atoms with Gasteiger partial charge in [-0.15, -0.1) is 0 Å². The van der Waals surface area contributed by atoms with Crippen LogP contribution in [0.5, 0.6) is 0 Å². The first-order chi connectivity index (χ1) is 10.5. The maximum atomic E-state index is 11.7. The predicted molar refractivity (Wildman–Crippen MR) is 78.4 cm³/mol. The number of furan rings is 1. The second-order valence-corrected chi connectivity index (χ2v) is 4.78. The number of nitrogens with zero attached hydrogens (tertiary/aromatic N) is 1. The third-order valence-electron chi connectivity index (χ3n) is 2.48. The molecule has 0 aliphatic carbocycles. The molecule has 22 heavy (non-hydrogen) atoms. The van der Waals surface area contributed by atoms with E-state index in [0.29, 0.717) is 4.67 Å². The summed E-state index contributed by atoms with van der Waals surface area (Å²) in [6.45, 7) is -0.594. The highest BCUT2D eigenvalue weighted by Crippen LogP contribution is 2.23. The number of nitro benzene ring substituents is 1. The number of hydrogen-bond donors (Lipinski definition) is 1. The molecule has 0 spiro atoms. The summed E-state index contributed by atoms with van der Waals surface area (Å²) in [4.78, 5) is 33.4. The highest BCUT2D eigenvalue weighted by molar-refractivity contribution is 9.10. The predicted octanol–water partition coefficient (Wildman–Crippen LogP) is 2.75. The van der Waals surface area contributed by atoms with Gasteiger partial charge in [-0.2, -0.15) is 0 Å². The summed E-state index contributed by atoms with van der Waals surface area (Å²) < 4.78 is 10.1. The van der Waals surface area contributed by atoms with Crippen LogP contribution in [0.3, 0.4) is 0 Å². The molecule has 0 aliphatic rings. The highest BCUT2D eigenvalue weighted by Gasteiger charge is 2.17. The minimum absolute atomic E-state index is 0.0225. The molecule has 1 aromatic heterocycles. The molecular formula is C13H9BrN2O6. The van der Waals surface area contributed by atoms with E-state index in [1.807, 2.05) is 0 Å². The lowest BCUT2D eigenvalue weighted by Gasteiger charge is -2.06. The van der Waals surface area contributed by atoms with E-state index in [-0.39, 0.29) is 17.1 Å². The van der Waals surface area contributed by atoms with Crippen molar-refractivity contribution in [3.8, 4) is 0 Å². The molecule has 0 aliphatic heterocycles. The van der Waals surface area contributed by atoms with Gasteiger partial charge in [0.2, 0.25) is 5.76 Å². The molecule has 1 heterocycles. The molecular weight excluding hydrogens is 360 g/mol. The molecule has 0 saturated heterocycles. The van der Waals surface area contributed by atoms with E-state index in [2.05, 4.69) is 21.2 Å². The van der Waals surface area contributed by atoms with E-state index in [0.717, 1.165) is 0 Å². The van der Waals surface area contributed by atoms with Crippen molar-refractivity contribution in [2.45, 2.75) is 0 Å². The molecule has 0 radical (unpaired) electrons. The molecule has 1 amide bonds. The van der Waals surface area contributed by atoms with Crippen LogP contribution in [0.2, 0.25) is 0 Å². The molecule has 114 valence electrons. The Morgan fingerprint density at radius 3 is 2.64 bits per heavy atom. The lowest BCUT2D eigenvalue weighted by atomic mass is 10.2. The second-order valence-electron chi connectivity index (χ2n) is 4.00. The monoisotopic (exact) mass is 368 g/mol. The van der Waals surface area contributed by atoms with Gasteiger partial charge in [0, 0.05) is 6.07 Å². The van der Waals surface area contributed by atoms with Crippen molar-refractivity contribution in [3.63, 3.8) is 0 Å². The Kier molecular flexibility index (Phi) is 4.89. The SMILES string of the molecule is O=C(COC(=O)c1ccc(Br)o1)Nc1ccccc1[N+](=O)[O-]. The summed E-state index contributed by atoms with van der Waals surface area (Å²) >= 11 is 3.03. The Labute approximate surface area is 132 Å². The Hall–Kier alpha value is -2.68. The number of ether oxygens (including phenoxy) is 1. The van der Waals surface area contributed by atoms with Crippen molar-refractivity contribution in [2.75, 3.05) is 11.9 Å². The zero-order chi connectivity index (χ0) is 16.1. The molecule has 0 fully saturated rings. The van der Waals surface area contributed by atoms with Crippen LogP contribution in [-0.4, -0.2) is 23.4 Å². The summed E-state index contributed by atoms with van der Waals surface area (Å²) in [7, 11) is 0. The van der Waals surface area contributed by atoms with Crippen molar-refractivity contribution >= 4 is 39.2 Å². The minimum atomic E-state index is -0.816. The highest BCUT2D eigenvalue weighted by atomic mass is 79.9. The van der Waals surface area contributed by atoms with Crippen LogP contribution < -0.4 is 5.32 Å². The minimum Gasteiger partial charge on any atom is -0.450 e. The number of benzene rings is 1. The fraction of sp³-hybridized carbons (Fsp3) is 0.0769. The number of amides is 1. The van der Waals surface area contributed by atoms with E-state index >= 15 is 0 Å². The largest absolute Gasteiger partial charge is 0.450 e. The summed E-state index contributed by atoms with van der Waals surface area (Å²) in [6.07, 6.45) is 0. The normalized spacial score (nSPS) is 10.0. The van der Waals surface area contributed by atoms with Gasteiger partial charge in [0.05, 0.1) is 4.92 Å². The number of rotatable bonds is 5. The van der Waals surface area contributed by atoms with E-state index in [1.54, 1.807) is 0 Å². The molecule has 0 saturated carbocycles. The van der Waals surface area contributed by atoms with Gasteiger partial charge >= 0.3 is 5.97 Å². The number of nitro groups is 1. The van der Waals surface area contributed by atoms with Crippen LogP contribution in [0.15, 0.2) is 45.5 Å². The summed E-state index contributed by atoms with van der Waals surface area (Å²) in [5.41, 5.74) is -0.230. The first-order valence-corrected chi connectivity index (χ1v) is 6.72. The van der Waals surface area contributed by atoms with Gasteiger partial charge in [-0.05, 0) is 34.1 Å². The van der Waals surface area contributed by atoms with Crippen molar-refractivity contribution in [1.82, 2.24) is 0 Å². The van der Waals surface area contributed by atoms with Crippen LogP contribution in [-0.2, 0) is 9.53 Å². The van der Waals surface area contributed by atoms with Crippen LogP contribution in [0, 0.1) is 10.1 Å². The number of carbonyl (C=O) groups excluding carboxylic acids is 2. The summed E-state index contributed by atoms with van der Waals surface area (Å²) in [6, 6.07) is 8.53. The van der Waals surface area contributed by atoms with E-state index < -0.39 is 23.4 Å². The van der Waals surface area contributed by atoms with E-state index in [9.17, 15) is 19.7 Å². The van der Waals surface area contributed by atoms with E-state index in [4.69, 9.17) is 9.15 Å². The maximum absolute atomic E-state index is 11.7. The average molecular weight is 369 g/mol. The van der Waals surface area contributed by atoms with Crippen LogP contribution in [0.1, 0.15) is 10.6 Å². The van der Waals surface area contributed by atoms with Crippen molar-refractivity contribution in [3.05, 3.63) is 56.9 Å². The molecule has 9 heteroatoms. The Morgan fingerprint density at radius 1 is 1.27 bits per heavy atom. The lowest BCUT2D eigenvalue weighted by molar-refractivity contribution is -0.383. The Morgan fingerprint density at radius 2 is 2.00 bits per heavy atom. The number of halogens is 1. The van der Waals surface area contributed by atoms with Crippen LogP contribution in [0.4, 0.5) is 11.4 Å². The second kappa shape index (κ2) is 6.85. The molecule has 1 N–H and O–H groups in total. The third kappa shape index (κ3) is 3.92. The fourth-order valence-electron chi connectivity index (χ4n) is 1.55. The standard InChI is InChI=1S/C13H9BrN2O6/c14-11-6-5-10(22-11)13(18)21-7-12(17)15-8-3-1-2-4-9(8)16(19)20/h1-6H,7H2,(H,15,17). The molecule has 0 atom stereocenters. The summed E-state index contributed by atoms with van der Waals surface area (Å²) in [5.74, 6) is -1.58. The van der Waals surface area contributed by atoms with Gasteiger partial charge in [-0.25, -0.2) is 4.79 Å². The van der Waals surface area contributed by atoms with Gasteiger partial charge in [-0.3, -0.25) is 14.9 Å². The van der Waals surface area contributed by atoms with Crippen molar-refractivity contribution < 1.29 is 23.7 Å². The van der Waals surface area contributed by atoms with Crippen LogP contribution >= 0.6 is 15.9 Å². The Balaban J connectivity index is 1.94. The zero-order valence-corrected chi connectivity index (χ0v) is 12.5. The number of anilines is 1. The Bertz CT molecular complexity index is 727. The van der Waals surface area contributed by atoms with Gasteiger partial charge in [0.25, 0.3) is 11.6 Å². The molecule has 2 aromatic rings. The summed E-state index contributed by atoms with van der Waals surface area (Å²) in [5, 5.41) is 13.1. The molecule has 0 unspecified atom stereocenters. The lowest BCUT2D eigenvalue weighted by Crippen LogP contribution is -2.21. The fourth-order valence-corrected chi connectivity index (χ4v) is 1.86. The maximum Gasteiger partial charge on any atom is 0.374 e. The number of hydrogen-bond acceptors (Lipinski definition) is 6. The third-order valence-corrected chi connectivity index (χ3v) is 2.91. The topological polar surface area (TPSA) is 112 Å². The average Bonchev–Trinajstić information content (AvgIpc) is 2.92. The molecule has 1 aromatic carbocycles. The number of nitrogens with one attached hydrogen (secondary N) is 1. The van der Waals surface area contributed by atoms with Crippen molar-refractivity contribution in [1.29, 1.82) is 0 Å². The van der Waals surface area contributed by atoms with Gasteiger partial charge in [0.1, 0.15) is 5.69 Å². The number of carbonyl (C=O) groups is 2. The first kappa shape index (κ1) is 15.7. The van der Waals surface area contributed by atoms with Crippen molar-refractivity contribution in [2.24, 2.45) is 0 Å². The number of para-hydroxylation sites is 2. The van der Waals surface area contributed by atoms with E-state index in [1.165, 1.54) is 36.4 Å². The van der Waals surface area contributed by atoms with Gasteiger partial charge in [-0.1, -0.05) is 12.1 Å². The molecule has 0 bridgehead atoms. The zero-order valence-electron chi connectivity index (χ0n) is 10.9. The quantitative estimate of drug-likeness (QED) is 0.493. The van der Waals surface area contributed by atoms with Crippen LogP contribution in [0.25, 0.3) is 0 Å². The van der Waals surface area contributed by atoms with Gasteiger partial charge < -0.3 is 14.5 Å². The first-order valence-electron chi connectivity index (χ1n) is 5.93. The number of esters is 1. The van der Waals surface area contributed by atoms with Gasteiger partial charge in [0.15, 0.2) is 11.3 Å². The molecule has 2 rings (SSSR count). The smallest absolute Gasteiger partial charge is 0.374 e. The molecule has 8 nitrogen and oxygen atoms in total.